The van der Waals surface area contributed by atoms with Gasteiger partial charge in [-0.2, -0.15) is 0 Å². The molecule has 0 aliphatic carbocycles. The Kier molecular flexibility index (Phi) is 45.9. The van der Waals surface area contributed by atoms with Gasteiger partial charge in [-0.05, 0) is 103 Å². The summed E-state index contributed by atoms with van der Waals surface area (Å²) in [5, 5.41) is 0. The monoisotopic (exact) mass is 827 g/mol. The van der Waals surface area contributed by atoms with Gasteiger partial charge in [0.25, 0.3) is 0 Å². The first-order chi connectivity index (χ1) is 29.0. The van der Waals surface area contributed by atoms with Gasteiger partial charge in [0.05, 0.1) is 0 Å². The number of carbonyl (C=O) groups excluding carboxylic acids is 3. The van der Waals surface area contributed by atoms with E-state index in [-0.39, 0.29) is 31.1 Å². The second kappa shape index (κ2) is 48.0. The van der Waals surface area contributed by atoms with Crippen molar-refractivity contribution in [1.82, 2.24) is 0 Å². The fourth-order valence-electron chi connectivity index (χ4n) is 6.93. The third kappa shape index (κ3) is 46.3. The minimum absolute atomic E-state index is 0.0828. The predicted molar refractivity (Wildman–Crippen MR) is 252 cm³/mol. The second-order valence-corrected chi connectivity index (χ2v) is 16.7. The Hall–Kier alpha value is -2.63. The van der Waals surface area contributed by atoms with Crippen molar-refractivity contribution in [2.24, 2.45) is 0 Å². The smallest absolute Gasteiger partial charge is 0.306 e. The predicted octanol–water partition coefficient (Wildman–Crippen LogP) is 16.3. The van der Waals surface area contributed by atoms with Crippen LogP contribution >= 0.6 is 0 Å². The lowest BCUT2D eigenvalue weighted by Crippen LogP contribution is -2.30. The van der Waals surface area contributed by atoms with Crippen LogP contribution in [0.4, 0.5) is 0 Å². The Labute approximate surface area is 365 Å². The standard InChI is InChI=1S/C53H94O6/c1-4-7-10-13-16-19-22-25-26-27-28-29-32-34-37-40-43-46-52(55)58-49-50(59-53(56)47-44-41-38-35-31-24-21-18-15-12-9-6-3)48-57-51(54)45-42-39-36-33-30-23-20-17-14-11-8-5-2/h16-21,25-26,50H,4-15,22-24,27-49H2,1-3H3/b19-16-,20-17-,21-18-,26-25-/t50-/m1/s1. The number of ether oxygens (including phenoxy) is 3. The minimum Gasteiger partial charge on any atom is -0.462 e. The first-order valence-corrected chi connectivity index (χ1v) is 25.1. The Balaban J connectivity index is 4.37. The Bertz CT molecular complexity index is 1040. The average molecular weight is 827 g/mol. The summed E-state index contributed by atoms with van der Waals surface area (Å²) in [7, 11) is 0. The molecule has 0 spiro atoms. The van der Waals surface area contributed by atoms with E-state index >= 15 is 0 Å². The molecule has 0 saturated heterocycles. The molecular weight excluding hydrogens is 733 g/mol. The number of unbranched alkanes of at least 4 members (excludes halogenated alkanes) is 26. The molecule has 6 heteroatoms. The fraction of sp³-hybridized carbons (Fsp3) is 0.792. The van der Waals surface area contributed by atoms with E-state index in [0.29, 0.717) is 19.3 Å². The molecule has 0 saturated carbocycles. The Morgan fingerprint density at radius 1 is 0.339 bits per heavy atom. The number of hydrogen-bond donors (Lipinski definition) is 0. The highest BCUT2D eigenvalue weighted by atomic mass is 16.6. The van der Waals surface area contributed by atoms with E-state index in [1.54, 1.807) is 0 Å². The summed E-state index contributed by atoms with van der Waals surface area (Å²) in [5.74, 6) is -0.905. The summed E-state index contributed by atoms with van der Waals surface area (Å²) < 4.78 is 16.7. The summed E-state index contributed by atoms with van der Waals surface area (Å²) in [5.41, 5.74) is 0. The molecule has 0 radical (unpaired) electrons. The van der Waals surface area contributed by atoms with Crippen molar-refractivity contribution in [1.29, 1.82) is 0 Å². The van der Waals surface area contributed by atoms with Crippen molar-refractivity contribution in [3.05, 3.63) is 48.6 Å². The van der Waals surface area contributed by atoms with Gasteiger partial charge in [-0.3, -0.25) is 14.4 Å². The number of carbonyl (C=O) groups is 3. The van der Waals surface area contributed by atoms with Crippen LogP contribution < -0.4 is 0 Å². The molecule has 0 heterocycles. The molecule has 0 aromatic heterocycles. The average Bonchev–Trinajstić information content (AvgIpc) is 3.23. The summed E-state index contributed by atoms with van der Waals surface area (Å²) in [6.45, 7) is 6.55. The molecular formula is C53H94O6. The molecule has 0 aromatic rings. The van der Waals surface area contributed by atoms with Crippen molar-refractivity contribution in [3.8, 4) is 0 Å². The van der Waals surface area contributed by atoms with E-state index in [0.717, 1.165) is 89.9 Å². The first kappa shape index (κ1) is 56.4. The number of rotatable bonds is 45. The lowest BCUT2D eigenvalue weighted by atomic mass is 10.1. The molecule has 0 fully saturated rings. The molecule has 59 heavy (non-hydrogen) atoms. The molecule has 0 amide bonds. The van der Waals surface area contributed by atoms with Crippen LogP contribution in [0.5, 0.6) is 0 Å². The van der Waals surface area contributed by atoms with Gasteiger partial charge in [0.1, 0.15) is 13.2 Å². The molecule has 342 valence electrons. The third-order valence-electron chi connectivity index (χ3n) is 10.8. The second-order valence-electron chi connectivity index (χ2n) is 16.7. The molecule has 0 rings (SSSR count). The van der Waals surface area contributed by atoms with Crippen molar-refractivity contribution in [3.63, 3.8) is 0 Å². The summed E-state index contributed by atoms with van der Waals surface area (Å²) in [4.78, 5) is 37.9. The summed E-state index contributed by atoms with van der Waals surface area (Å²) in [6, 6.07) is 0. The number of esters is 3. The molecule has 0 aliphatic heterocycles. The topological polar surface area (TPSA) is 78.9 Å². The molecule has 6 nitrogen and oxygen atoms in total. The molecule has 0 unspecified atom stereocenters. The number of hydrogen-bond acceptors (Lipinski definition) is 6. The quantitative estimate of drug-likeness (QED) is 0.0263. The van der Waals surface area contributed by atoms with Gasteiger partial charge in [0, 0.05) is 19.3 Å². The van der Waals surface area contributed by atoms with Crippen LogP contribution in [0, 0.1) is 0 Å². The van der Waals surface area contributed by atoms with E-state index in [2.05, 4.69) is 69.4 Å². The van der Waals surface area contributed by atoms with Crippen molar-refractivity contribution < 1.29 is 28.6 Å². The molecule has 0 N–H and O–H groups in total. The zero-order chi connectivity index (χ0) is 43.0. The van der Waals surface area contributed by atoms with E-state index in [4.69, 9.17) is 14.2 Å². The Morgan fingerprint density at radius 3 is 0.949 bits per heavy atom. The van der Waals surface area contributed by atoms with Crippen molar-refractivity contribution in [2.75, 3.05) is 13.2 Å². The zero-order valence-electron chi connectivity index (χ0n) is 39.0. The maximum atomic E-state index is 12.7. The van der Waals surface area contributed by atoms with Gasteiger partial charge in [0.2, 0.25) is 0 Å². The van der Waals surface area contributed by atoms with E-state index in [1.807, 2.05) is 0 Å². The highest BCUT2D eigenvalue weighted by Crippen LogP contribution is 2.14. The maximum absolute atomic E-state index is 12.7. The summed E-state index contributed by atoms with van der Waals surface area (Å²) >= 11 is 0. The van der Waals surface area contributed by atoms with Crippen LogP contribution in [0.1, 0.15) is 252 Å². The summed E-state index contributed by atoms with van der Waals surface area (Å²) in [6.07, 6.45) is 56.6. The van der Waals surface area contributed by atoms with Crippen LogP contribution in [0.2, 0.25) is 0 Å². The zero-order valence-corrected chi connectivity index (χ0v) is 39.0. The van der Waals surface area contributed by atoms with E-state index in [9.17, 15) is 14.4 Å². The van der Waals surface area contributed by atoms with Gasteiger partial charge < -0.3 is 14.2 Å². The molecule has 0 aromatic carbocycles. The van der Waals surface area contributed by atoms with Crippen molar-refractivity contribution in [2.45, 2.75) is 258 Å². The lowest BCUT2D eigenvalue weighted by Gasteiger charge is -2.18. The molecule has 1 atom stereocenters. The lowest BCUT2D eigenvalue weighted by molar-refractivity contribution is -0.167. The SMILES string of the molecule is CCCCC/C=C\C/C=C\CCCCCCCCCC(=O)OC[C@@H](COC(=O)CCCCCCC/C=C\CCCCC)OC(=O)CCCCCCC/C=C\CCCCC. The highest BCUT2D eigenvalue weighted by molar-refractivity contribution is 5.71. The van der Waals surface area contributed by atoms with E-state index < -0.39 is 6.10 Å². The van der Waals surface area contributed by atoms with Gasteiger partial charge in [0.15, 0.2) is 6.10 Å². The van der Waals surface area contributed by atoms with E-state index in [1.165, 1.54) is 122 Å². The third-order valence-corrected chi connectivity index (χ3v) is 10.8. The highest BCUT2D eigenvalue weighted by Gasteiger charge is 2.19. The fourth-order valence-corrected chi connectivity index (χ4v) is 6.93. The molecule has 0 aliphatic rings. The van der Waals surface area contributed by atoms with Gasteiger partial charge in [-0.15, -0.1) is 0 Å². The minimum atomic E-state index is -0.781. The first-order valence-electron chi connectivity index (χ1n) is 25.1. The van der Waals surface area contributed by atoms with Gasteiger partial charge >= 0.3 is 17.9 Å². The van der Waals surface area contributed by atoms with Gasteiger partial charge in [-0.1, -0.05) is 179 Å². The maximum Gasteiger partial charge on any atom is 0.306 e. The van der Waals surface area contributed by atoms with Crippen LogP contribution in [-0.4, -0.2) is 37.2 Å². The largest absolute Gasteiger partial charge is 0.462 e. The number of allylic oxidation sites excluding steroid dienone is 8. The van der Waals surface area contributed by atoms with Crippen LogP contribution in [0.15, 0.2) is 48.6 Å². The van der Waals surface area contributed by atoms with Crippen LogP contribution in [0.25, 0.3) is 0 Å². The van der Waals surface area contributed by atoms with Crippen LogP contribution in [0.3, 0.4) is 0 Å². The van der Waals surface area contributed by atoms with Crippen LogP contribution in [-0.2, 0) is 28.6 Å². The van der Waals surface area contributed by atoms with Gasteiger partial charge in [-0.25, -0.2) is 0 Å². The van der Waals surface area contributed by atoms with Crippen molar-refractivity contribution >= 4 is 17.9 Å². The normalized spacial score (nSPS) is 12.4. The Morgan fingerprint density at radius 2 is 0.610 bits per heavy atom. The molecule has 0 bridgehead atoms.